The summed E-state index contributed by atoms with van der Waals surface area (Å²) in [5.41, 5.74) is -0.349. The zero-order valence-electron chi connectivity index (χ0n) is 7.76. The van der Waals surface area contributed by atoms with Crippen LogP contribution in [-0.4, -0.2) is 32.1 Å². The second kappa shape index (κ2) is 3.81. The Morgan fingerprint density at radius 3 is 2.58 bits per heavy atom. The molecule has 0 radical (unpaired) electrons. The monoisotopic (exact) mass is 284 g/mol. The number of hydrogen-bond acceptors (Lipinski definition) is 2. The predicted molar refractivity (Wildman–Crippen MR) is 42.7 cm³/mol. The van der Waals surface area contributed by atoms with Crippen molar-refractivity contribution in [3.63, 3.8) is 0 Å². The van der Waals surface area contributed by atoms with Gasteiger partial charge in [0.2, 0.25) is 0 Å². The number of hydrogen-bond donors (Lipinski definition) is 0. The first-order valence-corrected chi connectivity index (χ1v) is 7.05. The Morgan fingerprint density at radius 1 is 1.50 bits per heavy atom. The van der Waals surface area contributed by atoms with Crippen LogP contribution >= 0.6 is 0 Å². The molecule has 0 unspecified atom stereocenters. The summed E-state index contributed by atoms with van der Waals surface area (Å²) in [5, 5.41) is 0. The Balaban J connectivity index is 2.37. The first-order valence-electron chi connectivity index (χ1n) is 4.00. The van der Waals surface area contributed by atoms with Gasteiger partial charge in [-0.2, -0.15) is 0 Å². The van der Waals surface area contributed by atoms with Crippen molar-refractivity contribution in [2.75, 3.05) is 15.5 Å². The van der Waals surface area contributed by atoms with Crippen LogP contribution in [0, 0.1) is 0 Å². The molecule has 0 bridgehead atoms. The Kier molecular flexibility index (Phi) is 3.20. The van der Waals surface area contributed by atoms with Gasteiger partial charge in [0.05, 0.1) is 0 Å². The van der Waals surface area contributed by atoms with Gasteiger partial charge in [0.15, 0.2) is 0 Å². The summed E-state index contributed by atoms with van der Waals surface area (Å²) in [5.74, 6) is 0. The molecule has 0 spiro atoms. The average molecular weight is 284 g/mol. The molecule has 0 aromatic carbocycles. The van der Waals surface area contributed by atoms with E-state index in [0.717, 1.165) is 11.1 Å². The quantitative estimate of drug-likeness (QED) is 0.301. The molecule has 4 heteroatoms. The van der Waals surface area contributed by atoms with Gasteiger partial charge in [-0.25, -0.2) is 0 Å². The molecule has 0 aromatic rings. The maximum atomic E-state index is 11.4. The van der Waals surface area contributed by atoms with Gasteiger partial charge in [-0.15, -0.1) is 0 Å². The normalized spacial score (nSPS) is 18.8. The van der Waals surface area contributed by atoms with Crippen molar-refractivity contribution in [3.8, 4) is 0 Å². The number of ether oxygens (including phenoxy) is 1. The van der Waals surface area contributed by atoms with E-state index in [-0.39, 0.29) is 32.9 Å². The molecule has 0 saturated carbocycles. The third-order valence-corrected chi connectivity index (χ3v) is 3.92. The SMILES string of the molecule is CC(C)(C)OC(=O)N1CC[I-]C1. The second-order valence-corrected chi connectivity index (χ2v) is 6.58. The van der Waals surface area contributed by atoms with Gasteiger partial charge in [0.25, 0.3) is 0 Å². The van der Waals surface area contributed by atoms with Crippen LogP contribution in [0.25, 0.3) is 0 Å². The Labute approximate surface area is 83.7 Å². The van der Waals surface area contributed by atoms with E-state index in [1.807, 2.05) is 25.7 Å². The molecular formula is C8H15INO2-. The molecule has 1 amide bonds. The van der Waals surface area contributed by atoms with Crippen molar-refractivity contribution >= 4 is 6.09 Å². The van der Waals surface area contributed by atoms with Crippen molar-refractivity contribution in [1.29, 1.82) is 0 Å². The molecule has 0 N–H and O–H groups in total. The molecule has 1 saturated heterocycles. The molecule has 72 valence electrons. The summed E-state index contributed by atoms with van der Waals surface area (Å²) in [7, 11) is 0. The standard InChI is InChI=1S/C8H15INO2/c1-8(2,3)12-7(11)10-5-4-9-6-10/h4-6H2,1-3H3/q-1. The van der Waals surface area contributed by atoms with Gasteiger partial charge in [-0.1, -0.05) is 0 Å². The molecule has 1 rings (SSSR count). The fourth-order valence-electron chi connectivity index (χ4n) is 0.850. The Morgan fingerprint density at radius 2 is 2.17 bits per heavy atom. The summed E-state index contributed by atoms with van der Waals surface area (Å²) in [6.45, 7) is 6.60. The minimum absolute atomic E-state index is 0.139. The number of carbonyl (C=O) groups excluding carboxylic acids is 1. The van der Waals surface area contributed by atoms with Crippen LogP contribution in [0.1, 0.15) is 20.8 Å². The van der Waals surface area contributed by atoms with Crippen molar-refractivity contribution in [2.45, 2.75) is 26.4 Å². The summed E-state index contributed by atoms with van der Waals surface area (Å²) in [4.78, 5) is 13.2. The molecule has 12 heavy (non-hydrogen) atoms. The second-order valence-electron chi connectivity index (χ2n) is 3.74. The zero-order chi connectivity index (χ0) is 9.19. The van der Waals surface area contributed by atoms with Crippen LogP contribution in [0.5, 0.6) is 0 Å². The van der Waals surface area contributed by atoms with E-state index >= 15 is 0 Å². The topological polar surface area (TPSA) is 29.5 Å². The molecule has 0 aromatic heterocycles. The van der Waals surface area contributed by atoms with Gasteiger partial charge in [-0.05, 0) is 0 Å². The minimum atomic E-state index is -0.349. The van der Waals surface area contributed by atoms with E-state index in [9.17, 15) is 4.79 Å². The first kappa shape index (κ1) is 10.1. The number of rotatable bonds is 0. The first-order chi connectivity index (χ1) is 5.49. The summed E-state index contributed by atoms with van der Waals surface area (Å²) in [6, 6.07) is 0. The van der Waals surface area contributed by atoms with Gasteiger partial charge in [0.1, 0.15) is 0 Å². The molecule has 1 aliphatic rings. The fourth-order valence-corrected chi connectivity index (χ4v) is 3.32. The van der Waals surface area contributed by atoms with Crippen molar-refractivity contribution in [1.82, 2.24) is 4.90 Å². The van der Waals surface area contributed by atoms with E-state index < -0.39 is 0 Å². The summed E-state index contributed by atoms with van der Waals surface area (Å²) >= 11 is 0.251. The van der Waals surface area contributed by atoms with Crippen molar-refractivity contribution < 1.29 is 30.7 Å². The Bertz CT molecular complexity index is 170. The number of nitrogens with zero attached hydrogens (tertiary/aromatic N) is 1. The third-order valence-electron chi connectivity index (χ3n) is 1.37. The van der Waals surface area contributed by atoms with Gasteiger partial charge in [-0.3, -0.25) is 0 Å². The summed E-state index contributed by atoms with van der Waals surface area (Å²) in [6.07, 6.45) is -0.139. The van der Waals surface area contributed by atoms with E-state index in [0.29, 0.717) is 0 Å². The van der Waals surface area contributed by atoms with Gasteiger partial charge >= 0.3 is 83.6 Å². The number of halogens is 1. The van der Waals surface area contributed by atoms with Gasteiger partial charge < -0.3 is 0 Å². The van der Waals surface area contributed by atoms with Crippen LogP contribution in [0.2, 0.25) is 0 Å². The average Bonchev–Trinajstić information content (AvgIpc) is 2.32. The maximum absolute atomic E-state index is 11.4. The van der Waals surface area contributed by atoms with E-state index in [4.69, 9.17) is 4.74 Å². The predicted octanol–water partition coefficient (Wildman–Crippen LogP) is -1.72. The Hall–Kier alpha value is 0. The van der Waals surface area contributed by atoms with E-state index in [1.165, 1.54) is 4.43 Å². The molecule has 0 atom stereocenters. The molecule has 1 aliphatic heterocycles. The van der Waals surface area contributed by atoms with Crippen LogP contribution < -0.4 is 21.2 Å². The van der Waals surface area contributed by atoms with Gasteiger partial charge in [0, 0.05) is 0 Å². The fraction of sp³-hybridized carbons (Fsp3) is 0.875. The van der Waals surface area contributed by atoms with E-state index in [1.54, 1.807) is 0 Å². The van der Waals surface area contributed by atoms with E-state index in [2.05, 4.69) is 0 Å². The number of amides is 1. The third kappa shape index (κ3) is 3.16. The molecular weight excluding hydrogens is 269 g/mol. The van der Waals surface area contributed by atoms with Crippen molar-refractivity contribution in [2.24, 2.45) is 0 Å². The number of carbonyl (C=O) groups is 1. The van der Waals surface area contributed by atoms with Crippen molar-refractivity contribution in [3.05, 3.63) is 0 Å². The van der Waals surface area contributed by atoms with Crippen LogP contribution in [0.4, 0.5) is 4.79 Å². The molecule has 1 heterocycles. The zero-order valence-corrected chi connectivity index (χ0v) is 9.92. The molecule has 3 nitrogen and oxygen atoms in total. The molecule has 0 aliphatic carbocycles. The van der Waals surface area contributed by atoms with Crippen LogP contribution in [0.15, 0.2) is 0 Å². The molecule has 1 fully saturated rings. The summed E-state index contributed by atoms with van der Waals surface area (Å²) < 4.78 is 7.41. The number of alkyl halides is 2. The van der Waals surface area contributed by atoms with Crippen LogP contribution in [0.3, 0.4) is 0 Å². The van der Waals surface area contributed by atoms with Crippen LogP contribution in [-0.2, 0) is 4.74 Å².